The number of carbonyl (C=O) groups is 1. The predicted molar refractivity (Wildman–Crippen MR) is 117 cm³/mol. The van der Waals surface area contributed by atoms with Gasteiger partial charge in [0, 0.05) is 37.9 Å². The number of hydrogen-bond acceptors (Lipinski definition) is 6. The van der Waals surface area contributed by atoms with E-state index < -0.39 is 11.9 Å². The highest BCUT2D eigenvalue weighted by Gasteiger charge is 2.26. The summed E-state index contributed by atoms with van der Waals surface area (Å²) in [6.45, 7) is 5.01. The van der Waals surface area contributed by atoms with Gasteiger partial charge in [-0.2, -0.15) is 0 Å². The molecule has 0 saturated carbocycles. The average Bonchev–Trinajstić information content (AvgIpc) is 2.75. The second-order valence-electron chi connectivity index (χ2n) is 7.75. The van der Waals surface area contributed by atoms with Crippen molar-refractivity contribution < 1.29 is 23.8 Å². The van der Waals surface area contributed by atoms with Crippen molar-refractivity contribution in [2.24, 2.45) is 0 Å². The van der Waals surface area contributed by atoms with Crippen LogP contribution in [-0.4, -0.2) is 79.4 Å². The largest absolute Gasteiger partial charge is 0.497 e. The van der Waals surface area contributed by atoms with Gasteiger partial charge in [-0.3, -0.25) is 14.6 Å². The molecule has 168 valence electrons. The minimum Gasteiger partial charge on any atom is -0.497 e. The minimum absolute atomic E-state index is 0.0259. The zero-order valence-corrected chi connectivity index (χ0v) is 18.0. The van der Waals surface area contributed by atoms with Crippen LogP contribution in [-0.2, 0) is 4.79 Å². The first-order valence-electron chi connectivity index (χ1n) is 10.4. The zero-order chi connectivity index (χ0) is 22.2. The normalized spacial score (nSPS) is 18.4. The Bertz CT molecular complexity index is 849. The summed E-state index contributed by atoms with van der Waals surface area (Å²) in [4.78, 5) is 16.6. The van der Waals surface area contributed by atoms with Gasteiger partial charge in [0.2, 0.25) is 5.91 Å². The number of β-amino-alcohol motifs (C(OH)–C–C–N with tert-alkyl or cyclic N) is 1. The lowest BCUT2D eigenvalue weighted by Gasteiger charge is -2.40. The van der Waals surface area contributed by atoms with Crippen molar-refractivity contribution in [1.82, 2.24) is 9.80 Å². The van der Waals surface area contributed by atoms with Crippen molar-refractivity contribution in [2.45, 2.75) is 19.1 Å². The van der Waals surface area contributed by atoms with Crippen LogP contribution >= 0.6 is 0 Å². The van der Waals surface area contributed by atoms with Crippen LogP contribution in [0.5, 0.6) is 11.5 Å². The number of ether oxygens (including phenoxy) is 2. The Morgan fingerprint density at radius 1 is 1.23 bits per heavy atom. The van der Waals surface area contributed by atoms with Crippen LogP contribution in [0.25, 0.3) is 0 Å². The molecule has 0 aromatic heterocycles. The molecule has 0 aliphatic carbocycles. The molecule has 0 bridgehead atoms. The van der Waals surface area contributed by atoms with Gasteiger partial charge in [-0.1, -0.05) is 12.1 Å². The number of aliphatic hydroxyl groups is 1. The van der Waals surface area contributed by atoms with Gasteiger partial charge < -0.3 is 19.9 Å². The minimum atomic E-state index is -0.730. The number of benzene rings is 2. The van der Waals surface area contributed by atoms with E-state index in [9.17, 15) is 14.3 Å². The van der Waals surface area contributed by atoms with Gasteiger partial charge in [-0.05, 0) is 43.3 Å². The number of hydrogen-bond donors (Lipinski definition) is 2. The smallest absolute Gasteiger partial charge is 0.238 e. The fourth-order valence-corrected chi connectivity index (χ4v) is 3.63. The van der Waals surface area contributed by atoms with Gasteiger partial charge in [0.05, 0.1) is 13.7 Å². The SMILES string of the molecule is COc1ccc(NC(=O)CN2CCN(CC(O)COc3ccccc3F)C(C)C2)cc1. The number of methoxy groups -OCH3 is 1. The van der Waals surface area contributed by atoms with Crippen LogP contribution in [0.15, 0.2) is 48.5 Å². The molecule has 7 nitrogen and oxygen atoms in total. The molecule has 0 spiro atoms. The summed E-state index contributed by atoms with van der Waals surface area (Å²) in [6.07, 6.45) is -0.730. The number of piperazine rings is 1. The van der Waals surface area contributed by atoms with Crippen LogP contribution in [0.1, 0.15) is 6.92 Å². The predicted octanol–water partition coefficient (Wildman–Crippen LogP) is 2.22. The summed E-state index contributed by atoms with van der Waals surface area (Å²) in [5, 5.41) is 13.2. The van der Waals surface area contributed by atoms with Gasteiger partial charge in [0.15, 0.2) is 11.6 Å². The van der Waals surface area contributed by atoms with E-state index in [1.807, 2.05) is 12.1 Å². The topological polar surface area (TPSA) is 74.3 Å². The molecule has 2 N–H and O–H groups in total. The monoisotopic (exact) mass is 431 g/mol. The van der Waals surface area contributed by atoms with E-state index in [1.54, 1.807) is 37.4 Å². The molecule has 2 aromatic rings. The lowest BCUT2D eigenvalue weighted by Crippen LogP contribution is -2.55. The number of nitrogens with one attached hydrogen (secondary N) is 1. The molecule has 1 aliphatic rings. The van der Waals surface area contributed by atoms with Crippen LogP contribution in [0.4, 0.5) is 10.1 Å². The standard InChI is InChI=1S/C23H30FN3O4/c1-17-13-26(15-23(29)25-18-7-9-20(30-2)10-8-18)11-12-27(17)14-19(28)16-31-22-6-4-3-5-21(22)24/h3-10,17,19,28H,11-16H2,1-2H3,(H,25,29). The number of carbonyl (C=O) groups excluding carboxylic acids is 1. The first-order chi connectivity index (χ1) is 14.9. The number of halogens is 1. The maximum atomic E-state index is 13.6. The zero-order valence-electron chi connectivity index (χ0n) is 18.0. The molecule has 1 amide bonds. The molecule has 1 saturated heterocycles. The van der Waals surface area contributed by atoms with Crippen molar-refractivity contribution in [3.05, 3.63) is 54.3 Å². The molecule has 8 heteroatoms. The van der Waals surface area contributed by atoms with Crippen molar-refractivity contribution in [3.63, 3.8) is 0 Å². The lowest BCUT2D eigenvalue weighted by molar-refractivity contribution is -0.118. The van der Waals surface area contributed by atoms with Crippen molar-refractivity contribution in [3.8, 4) is 11.5 Å². The molecule has 2 atom stereocenters. The number of rotatable bonds is 9. The highest BCUT2D eigenvalue weighted by Crippen LogP contribution is 2.17. The molecule has 1 aliphatic heterocycles. The Balaban J connectivity index is 1.40. The molecule has 2 aromatic carbocycles. The van der Waals surface area contributed by atoms with Gasteiger partial charge in [0.25, 0.3) is 0 Å². The summed E-state index contributed by atoms with van der Waals surface area (Å²) in [5.74, 6) is 0.375. The summed E-state index contributed by atoms with van der Waals surface area (Å²) < 4.78 is 24.1. The second-order valence-corrected chi connectivity index (χ2v) is 7.75. The van der Waals surface area contributed by atoms with Gasteiger partial charge >= 0.3 is 0 Å². The fourth-order valence-electron chi connectivity index (χ4n) is 3.63. The Morgan fingerprint density at radius 3 is 2.65 bits per heavy atom. The van der Waals surface area contributed by atoms with Crippen LogP contribution in [0.3, 0.4) is 0 Å². The summed E-state index contributed by atoms with van der Waals surface area (Å²) in [7, 11) is 1.60. The maximum absolute atomic E-state index is 13.6. The third kappa shape index (κ3) is 6.92. The summed E-state index contributed by atoms with van der Waals surface area (Å²) in [6, 6.07) is 13.5. The fraction of sp³-hybridized carbons (Fsp3) is 0.435. The van der Waals surface area contributed by atoms with Gasteiger partial charge in [0.1, 0.15) is 18.5 Å². The van der Waals surface area contributed by atoms with Gasteiger partial charge in [-0.25, -0.2) is 4.39 Å². The summed E-state index contributed by atoms with van der Waals surface area (Å²) in [5.41, 5.74) is 0.732. The van der Waals surface area contributed by atoms with E-state index in [4.69, 9.17) is 9.47 Å². The number of anilines is 1. The average molecular weight is 432 g/mol. The Labute approximate surface area is 182 Å². The number of amides is 1. The molecular formula is C23H30FN3O4. The van der Waals surface area contributed by atoms with Crippen molar-refractivity contribution >= 4 is 11.6 Å². The van der Waals surface area contributed by atoms with E-state index in [0.29, 0.717) is 13.1 Å². The van der Waals surface area contributed by atoms with Crippen LogP contribution < -0.4 is 14.8 Å². The third-order valence-corrected chi connectivity index (χ3v) is 5.30. The van der Waals surface area contributed by atoms with Crippen molar-refractivity contribution in [2.75, 3.05) is 51.8 Å². The molecule has 3 rings (SSSR count). The Hall–Kier alpha value is -2.68. The number of aliphatic hydroxyl groups excluding tert-OH is 1. The highest BCUT2D eigenvalue weighted by atomic mass is 19.1. The maximum Gasteiger partial charge on any atom is 0.238 e. The molecule has 2 unspecified atom stereocenters. The second kappa shape index (κ2) is 11.1. The number of nitrogens with zero attached hydrogens (tertiary/aromatic N) is 2. The van der Waals surface area contributed by atoms with Crippen LogP contribution in [0, 0.1) is 5.82 Å². The lowest BCUT2D eigenvalue weighted by atomic mass is 10.1. The van der Waals surface area contributed by atoms with E-state index in [-0.39, 0.29) is 24.3 Å². The molecule has 31 heavy (non-hydrogen) atoms. The van der Waals surface area contributed by atoms with Crippen LogP contribution in [0.2, 0.25) is 0 Å². The Kier molecular flexibility index (Phi) is 8.22. The van der Waals surface area contributed by atoms with E-state index in [0.717, 1.165) is 31.1 Å². The molecule has 1 fully saturated rings. The molecule has 1 heterocycles. The Morgan fingerprint density at radius 2 is 1.97 bits per heavy atom. The quantitative estimate of drug-likeness (QED) is 0.634. The third-order valence-electron chi connectivity index (χ3n) is 5.30. The van der Waals surface area contributed by atoms with E-state index >= 15 is 0 Å². The molecular weight excluding hydrogens is 401 g/mol. The van der Waals surface area contributed by atoms with E-state index in [1.165, 1.54) is 6.07 Å². The first-order valence-corrected chi connectivity index (χ1v) is 10.4. The molecule has 0 radical (unpaired) electrons. The van der Waals surface area contributed by atoms with Crippen molar-refractivity contribution in [1.29, 1.82) is 0 Å². The van der Waals surface area contributed by atoms with E-state index in [2.05, 4.69) is 22.0 Å². The first kappa shape index (κ1) is 23.0. The number of para-hydroxylation sites is 1. The highest BCUT2D eigenvalue weighted by molar-refractivity contribution is 5.92. The summed E-state index contributed by atoms with van der Waals surface area (Å²) >= 11 is 0. The van der Waals surface area contributed by atoms with Gasteiger partial charge in [-0.15, -0.1) is 0 Å².